The van der Waals surface area contributed by atoms with E-state index in [2.05, 4.69) is 9.97 Å². The predicted octanol–water partition coefficient (Wildman–Crippen LogP) is -0.282. The first kappa shape index (κ1) is 8.31. The van der Waals surface area contributed by atoms with Crippen molar-refractivity contribution < 1.29 is 13.2 Å². The topological polar surface area (TPSA) is 77.0 Å². The number of rotatable bonds is 1. The number of carbonyl (C=O) groups is 1. The van der Waals surface area contributed by atoms with Gasteiger partial charge >= 0.3 is 0 Å². The summed E-state index contributed by atoms with van der Waals surface area (Å²) in [7, 11) is -3.05. The molecule has 0 bridgehead atoms. The molecule has 13 heavy (non-hydrogen) atoms. The number of aldehydes is 1. The Hall–Kier alpha value is -1.30. The predicted molar refractivity (Wildman–Crippen MR) is 43.7 cm³/mol. The quantitative estimate of drug-likeness (QED) is 0.580. The highest BCUT2D eigenvalue weighted by atomic mass is 32.2. The maximum atomic E-state index is 11.1. The zero-order chi connectivity index (χ0) is 9.47. The van der Waals surface area contributed by atoms with E-state index in [9.17, 15) is 13.2 Å². The van der Waals surface area contributed by atoms with Gasteiger partial charge in [0.25, 0.3) is 0 Å². The number of aromatic nitrogens is 2. The van der Waals surface area contributed by atoms with Crippen molar-refractivity contribution in [3.8, 4) is 0 Å². The third-order valence-electron chi connectivity index (χ3n) is 1.81. The summed E-state index contributed by atoms with van der Waals surface area (Å²) in [5, 5.41) is 0. The number of carbonyl (C=O) groups excluding carboxylic acids is 1. The van der Waals surface area contributed by atoms with Crippen LogP contribution in [0.3, 0.4) is 0 Å². The Balaban J connectivity index is 2.53. The summed E-state index contributed by atoms with van der Waals surface area (Å²) < 4.78 is 22.3. The molecule has 1 aromatic rings. The van der Waals surface area contributed by atoms with Crippen molar-refractivity contribution >= 4 is 16.1 Å². The molecule has 0 fully saturated rings. The van der Waals surface area contributed by atoms with E-state index < -0.39 is 9.84 Å². The highest BCUT2D eigenvalue weighted by Gasteiger charge is 2.26. The van der Waals surface area contributed by atoms with Crippen molar-refractivity contribution in [1.29, 1.82) is 0 Å². The molecule has 1 aromatic heterocycles. The van der Waals surface area contributed by atoms with Gasteiger partial charge in [-0.2, -0.15) is 0 Å². The molecule has 0 aliphatic carbocycles. The highest BCUT2D eigenvalue weighted by molar-refractivity contribution is 7.90. The van der Waals surface area contributed by atoms with E-state index in [1.165, 1.54) is 6.20 Å². The van der Waals surface area contributed by atoms with Crippen LogP contribution in [0, 0.1) is 0 Å². The highest BCUT2D eigenvalue weighted by Crippen LogP contribution is 2.21. The second-order valence-electron chi connectivity index (χ2n) is 2.85. The smallest absolute Gasteiger partial charge is 0.192 e. The molecule has 0 aromatic carbocycles. The van der Waals surface area contributed by atoms with Crippen molar-refractivity contribution in [2.24, 2.45) is 0 Å². The molecule has 0 radical (unpaired) electrons. The Bertz CT molecular complexity index is 467. The molecule has 68 valence electrons. The average molecular weight is 198 g/mol. The van der Waals surface area contributed by atoms with E-state index in [4.69, 9.17) is 0 Å². The van der Waals surface area contributed by atoms with Crippen LogP contribution in [0.1, 0.15) is 21.9 Å². The van der Waals surface area contributed by atoms with Crippen LogP contribution in [0.4, 0.5) is 0 Å². The maximum Gasteiger partial charge on any atom is 0.192 e. The minimum absolute atomic E-state index is 0.0124. The van der Waals surface area contributed by atoms with Gasteiger partial charge in [0.15, 0.2) is 21.9 Å². The molecule has 0 saturated heterocycles. The summed E-state index contributed by atoms with van der Waals surface area (Å²) >= 11 is 0. The van der Waals surface area contributed by atoms with Gasteiger partial charge in [0.05, 0.1) is 17.2 Å². The molecule has 5 nitrogen and oxygen atoms in total. The molecular formula is C7H6N2O3S. The Labute approximate surface area is 74.7 Å². The van der Waals surface area contributed by atoms with Crippen LogP contribution in [0.15, 0.2) is 6.20 Å². The normalized spacial score (nSPS) is 18.2. The number of fused-ring (bicyclic) bond motifs is 1. The number of hydrogen-bond donors (Lipinski definition) is 0. The van der Waals surface area contributed by atoms with Crippen molar-refractivity contribution in [3.05, 3.63) is 23.3 Å². The first-order valence-corrected chi connectivity index (χ1v) is 5.43. The van der Waals surface area contributed by atoms with Crippen molar-refractivity contribution in [2.45, 2.75) is 11.5 Å². The fraction of sp³-hybridized carbons (Fsp3) is 0.286. The van der Waals surface area contributed by atoms with Crippen LogP contribution in [0.25, 0.3) is 0 Å². The lowest BCUT2D eigenvalue weighted by molar-refractivity contribution is 0.111. The number of sulfone groups is 1. The van der Waals surface area contributed by atoms with E-state index in [0.717, 1.165) is 0 Å². The first-order chi connectivity index (χ1) is 6.11. The van der Waals surface area contributed by atoms with Crippen LogP contribution < -0.4 is 0 Å². The standard InChI is InChI=1S/C7H6N2O3S/c10-2-7-8-1-5-3-13(11,12)4-6(5)9-7/h1-2H,3-4H2. The molecule has 2 heterocycles. The Morgan fingerprint density at radius 3 is 2.85 bits per heavy atom. The second kappa shape index (κ2) is 2.59. The lowest BCUT2D eigenvalue weighted by atomic mass is 10.3. The minimum atomic E-state index is -3.05. The van der Waals surface area contributed by atoms with Gasteiger partial charge in [-0.25, -0.2) is 18.4 Å². The largest absolute Gasteiger partial charge is 0.294 e. The van der Waals surface area contributed by atoms with Gasteiger partial charge in [-0.1, -0.05) is 0 Å². The molecule has 0 saturated carbocycles. The summed E-state index contributed by atoms with van der Waals surface area (Å²) in [4.78, 5) is 17.8. The summed E-state index contributed by atoms with van der Waals surface area (Å²) in [6.45, 7) is 0. The van der Waals surface area contributed by atoms with Crippen molar-refractivity contribution in [3.63, 3.8) is 0 Å². The third-order valence-corrected chi connectivity index (χ3v) is 3.27. The van der Waals surface area contributed by atoms with E-state index in [0.29, 0.717) is 17.5 Å². The fourth-order valence-corrected chi connectivity index (χ4v) is 2.74. The van der Waals surface area contributed by atoms with Crippen molar-refractivity contribution in [2.75, 3.05) is 0 Å². The molecule has 0 N–H and O–H groups in total. The molecule has 0 atom stereocenters. The number of nitrogens with zero attached hydrogens (tertiary/aromatic N) is 2. The van der Waals surface area contributed by atoms with Crippen LogP contribution >= 0.6 is 0 Å². The monoisotopic (exact) mass is 198 g/mol. The summed E-state index contributed by atoms with van der Waals surface area (Å²) in [6, 6.07) is 0. The van der Waals surface area contributed by atoms with Gasteiger partial charge in [0, 0.05) is 11.8 Å². The summed E-state index contributed by atoms with van der Waals surface area (Å²) in [6.07, 6.45) is 1.90. The average Bonchev–Trinajstić information content (AvgIpc) is 2.36. The molecule has 2 rings (SSSR count). The van der Waals surface area contributed by atoms with Gasteiger partial charge < -0.3 is 0 Å². The van der Waals surface area contributed by atoms with Gasteiger partial charge in [-0.05, 0) is 0 Å². The molecule has 0 unspecified atom stereocenters. The minimum Gasteiger partial charge on any atom is -0.294 e. The fourth-order valence-electron chi connectivity index (χ4n) is 1.26. The first-order valence-electron chi connectivity index (χ1n) is 3.61. The molecular weight excluding hydrogens is 192 g/mol. The van der Waals surface area contributed by atoms with E-state index in [1.807, 2.05) is 0 Å². The molecule has 0 amide bonds. The lowest BCUT2D eigenvalue weighted by Gasteiger charge is -1.93. The lowest BCUT2D eigenvalue weighted by Crippen LogP contribution is -1.98. The van der Waals surface area contributed by atoms with Crippen LogP contribution in [-0.4, -0.2) is 24.7 Å². The number of hydrogen-bond acceptors (Lipinski definition) is 5. The van der Waals surface area contributed by atoms with Gasteiger partial charge in [0.2, 0.25) is 0 Å². The van der Waals surface area contributed by atoms with Crippen molar-refractivity contribution in [1.82, 2.24) is 9.97 Å². The van der Waals surface area contributed by atoms with E-state index >= 15 is 0 Å². The van der Waals surface area contributed by atoms with E-state index in [1.54, 1.807) is 0 Å². The van der Waals surface area contributed by atoms with Crippen LogP contribution in [-0.2, 0) is 21.3 Å². The summed E-state index contributed by atoms with van der Waals surface area (Å²) in [5.74, 6) is -0.0523. The Morgan fingerprint density at radius 1 is 1.38 bits per heavy atom. The summed E-state index contributed by atoms with van der Waals surface area (Å²) in [5.41, 5.74) is 1.06. The second-order valence-corrected chi connectivity index (χ2v) is 4.91. The molecule has 6 heteroatoms. The molecule has 0 spiro atoms. The molecule has 1 aliphatic rings. The Kier molecular flexibility index (Phi) is 1.66. The SMILES string of the molecule is O=Cc1ncc2c(n1)CS(=O)(=O)C2. The molecule has 1 aliphatic heterocycles. The van der Waals surface area contributed by atoms with Gasteiger partial charge in [-0.15, -0.1) is 0 Å². The van der Waals surface area contributed by atoms with E-state index in [-0.39, 0.29) is 17.3 Å². The van der Waals surface area contributed by atoms with Gasteiger partial charge in [0.1, 0.15) is 0 Å². The van der Waals surface area contributed by atoms with Gasteiger partial charge in [-0.3, -0.25) is 4.79 Å². The third kappa shape index (κ3) is 1.44. The van der Waals surface area contributed by atoms with Crippen LogP contribution in [0.5, 0.6) is 0 Å². The van der Waals surface area contributed by atoms with Crippen LogP contribution in [0.2, 0.25) is 0 Å². The zero-order valence-corrected chi connectivity index (χ0v) is 7.41. The maximum absolute atomic E-state index is 11.1. The Morgan fingerprint density at radius 2 is 2.15 bits per heavy atom. The zero-order valence-electron chi connectivity index (χ0n) is 6.60.